The summed E-state index contributed by atoms with van der Waals surface area (Å²) in [7, 11) is 0. The molecular formula is C17H26N2O2. The predicted molar refractivity (Wildman–Crippen MR) is 84.5 cm³/mol. The molecule has 0 amide bonds. The molecule has 0 spiro atoms. The Morgan fingerprint density at radius 2 is 2.14 bits per heavy atom. The van der Waals surface area contributed by atoms with E-state index in [2.05, 4.69) is 24.1 Å². The number of hydrogen-bond acceptors (Lipinski definition) is 3. The molecule has 1 aliphatic rings. The number of carbonyl (C=O) groups is 1. The zero-order valence-electron chi connectivity index (χ0n) is 13.0. The molecule has 2 rings (SSSR count). The van der Waals surface area contributed by atoms with Crippen molar-refractivity contribution in [3.05, 3.63) is 35.4 Å². The second-order valence-corrected chi connectivity index (χ2v) is 6.22. The van der Waals surface area contributed by atoms with E-state index in [4.69, 9.17) is 5.11 Å². The average molecular weight is 290 g/mol. The first-order chi connectivity index (χ1) is 10.1. The lowest BCUT2D eigenvalue weighted by Gasteiger charge is -2.35. The molecule has 21 heavy (non-hydrogen) atoms. The van der Waals surface area contributed by atoms with Gasteiger partial charge in [-0.05, 0) is 49.9 Å². The summed E-state index contributed by atoms with van der Waals surface area (Å²) in [6, 6.07) is 7.63. The first-order valence-corrected chi connectivity index (χ1v) is 7.83. The summed E-state index contributed by atoms with van der Waals surface area (Å²) >= 11 is 0. The third-order valence-corrected chi connectivity index (χ3v) is 4.28. The summed E-state index contributed by atoms with van der Waals surface area (Å²) in [5.41, 5.74) is 1.47. The minimum absolute atomic E-state index is 0.342. The summed E-state index contributed by atoms with van der Waals surface area (Å²) in [5.74, 6) is -0.0629. The van der Waals surface area contributed by atoms with Crippen molar-refractivity contribution >= 4 is 5.97 Å². The topological polar surface area (TPSA) is 52.6 Å². The molecule has 2 unspecified atom stereocenters. The van der Waals surface area contributed by atoms with Crippen molar-refractivity contribution in [1.82, 2.24) is 10.2 Å². The molecule has 4 heteroatoms. The Labute approximate surface area is 127 Å². The second-order valence-electron chi connectivity index (χ2n) is 6.22. The van der Waals surface area contributed by atoms with Gasteiger partial charge in [0, 0.05) is 25.7 Å². The first-order valence-electron chi connectivity index (χ1n) is 7.83. The highest BCUT2D eigenvalue weighted by molar-refractivity contribution is 5.87. The summed E-state index contributed by atoms with van der Waals surface area (Å²) < 4.78 is 0. The zero-order chi connectivity index (χ0) is 15.2. The molecule has 4 nitrogen and oxygen atoms in total. The quantitative estimate of drug-likeness (QED) is 0.845. The summed E-state index contributed by atoms with van der Waals surface area (Å²) in [6.07, 6.45) is 2.66. The highest BCUT2D eigenvalue weighted by atomic mass is 16.4. The lowest BCUT2D eigenvalue weighted by molar-refractivity contribution is 0.0697. The number of rotatable bonds is 6. The van der Waals surface area contributed by atoms with E-state index in [0.717, 1.165) is 24.6 Å². The number of aromatic carboxylic acids is 1. The summed E-state index contributed by atoms with van der Waals surface area (Å²) in [4.78, 5) is 13.4. The van der Waals surface area contributed by atoms with Crippen LogP contribution in [-0.2, 0) is 6.54 Å². The number of benzene rings is 1. The standard InChI is InChI=1S/C17H26N2O2/c1-13-4-3-9-19(12-13)14(2)10-18-11-15-5-7-16(8-6-15)17(20)21/h5-8,13-14,18H,3-4,9-12H2,1-2H3,(H,20,21). The number of nitrogens with zero attached hydrogens (tertiary/aromatic N) is 1. The zero-order valence-corrected chi connectivity index (χ0v) is 13.0. The monoisotopic (exact) mass is 290 g/mol. The van der Waals surface area contributed by atoms with Crippen molar-refractivity contribution in [3.63, 3.8) is 0 Å². The Balaban J connectivity index is 1.74. The van der Waals surface area contributed by atoms with Crippen molar-refractivity contribution in [2.24, 2.45) is 5.92 Å². The van der Waals surface area contributed by atoms with E-state index >= 15 is 0 Å². The maximum Gasteiger partial charge on any atom is 0.335 e. The first kappa shape index (κ1) is 16.0. The van der Waals surface area contributed by atoms with Crippen LogP contribution in [0.25, 0.3) is 0 Å². The molecule has 2 N–H and O–H groups in total. The van der Waals surface area contributed by atoms with E-state index in [9.17, 15) is 4.79 Å². The van der Waals surface area contributed by atoms with Crippen molar-refractivity contribution in [2.75, 3.05) is 19.6 Å². The van der Waals surface area contributed by atoms with E-state index in [0.29, 0.717) is 11.6 Å². The van der Waals surface area contributed by atoms with Crippen LogP contribution in [-0.4, -0.2) is 41.7 Å². The Bertz CT molecular complexity index is 458. The van der Waals surface area contributed by atoms with Crippen molar-refractivity contribution < 1.29 is 9.90 Å². The van der Waals surface area contributed by atoms with Gasteiger partial charge in [-0.15, -0.1) is 0 Å². The highest BCUT2D eigenvalue weighted by Crippen LogP contribution is 2.17. The van der Waals surface area contributed by atoms with Crippen LogP contribution in [0.2, 0.25) is 0 Å². The van der Waals surface area contributed by atoms with E-state index in [1.54, 1.807) is 12.1 Å². The number of hydrogen-bond donors (Lipinski definition) is 2. The van der Waals surface area contributed by atoms with Crippen molar-refractivity contribution in [2.45, 2.75) is 39.3 Å². The Morgan fingerprint density at radius 3 is 2.76 bits per heavy atom. The van der Waals surface area contributed by atoms with Crippen LogP contribution in [0.4, 0.5) is 0 Å². The minimum Gasteiger partial charge on any atom is -0.478 e. The highest BCUT2D eigenvalue weighted by Gasteiger charge is 2.20. The molecule has 0 saturated carbocycles. The lowest BCUT2D eigenvalue weighted by Crippen LogP contribution is -2.45. The third kappa shape index (κ3) is 4.83. The molecule has 0 radical (unpaired) electrons. The van der Waals surface area contributed by atoms with E-state index in [1.807, 2.05) is 12.1 Å². The largest absolute Gasteiger partial charge is 0.478 e. The van der Waals surface area contributed by atoms with Crippen molar-refractivity contribution in [3.8, 4) is 0 Å². The molecule has 1 aliphatic heterocycles. The average Bonchev–Trinajstić information content (AvgIpc) is 2.47. The fraction of sp³-hybridized carbons (Fsp3) is 0.588. The normalized spacial score (nSPS) is 21.1. The molecule has 1 heterocycles. The van der Waals surface area contributed by atoms with Gasteiger partial charge in [0.15, 0.2) is 0 Å². The van der Waals surface area contributed by atoms with Gasteiger partial charge < -0.3 is 10.4 Å². The van der Waals surface area contributed by atoms with Gasteiger partial charge in [0.2, 0.25) is 0 Å². The number of likely N-dealkylation sites (tertiary alicyclic amines) is 1. The Morgan fingerprint density at radius 1 is 1.43 bits per heavy atom. The van der Waals surface area contributed by atoms with Gasteiger partial charge >= 0.3 is 5.97 Å². The molecule has 1 aromatic carbocycles. The fourth-order valence-corrected chi connectivity index (χ4v) is 2.95. The second kappa shape index (κ2) is 7.57. The molecule has 0 aliphatic carbocycles. The summed E-state index contributed by atoms with van der Waals surface area (Å²) in [5, 5.41) is 12.3. The van der Waals surface area contributed by atoms with Crippen LogP contribution in [0.5, 0.6) is 0 Å². The molecule has 1 aromatic rings. The third-order valence-electron chi connectivity index (χ3n) is 4.28. The van der Waals surface area contributed by atoms with Gasteiger partial charge in [0.1, 0.15) is 0 Å². The van der Waals surface area contributed by atoms with Crippen LogP contribution in [0, 0.1) is 5.92 Å². The van der Waals surface area contributed by atoms with Crippen LogP contribution >= 0.6 is 0 Å². The van der Waals surface area contributed by atoms with Gasteiger partial charge in [0.05, 0.1) is 5.56 Å². The fourth-order valence-electron chi connectivity index (χ4n) is 2.95. The van der Waals surface area contributed by atoms with Gasteiger partial charge in [-0.1, -0.05) is 19.1 Å². The van der Waals surface area contributed by atoms with E-state index in [-0.39, 0.29) is 0 Å². The van der Waals surface area contributed by atoms with Gasteiger partial charge in [-0.2, -0.15) is 0 Å². The van der Waals surface area contributed by atoms with Crippen LogP contribution in [0.15, 0.2) is 24.3 Å². The minimum atomic E-state index is -0.873. The molecule has 1 saturated heterocycles. The number of carboxylic acid groups (broad SMARTS) is 1. The number of carboxylic acids is 1. The maximum absolute atomic E-state index is 10.8. The van der Waals surface area contributed by atoms with Gasteiger partial charge in [-0.25, -0.2) is 4.79 Å². The van der Waals surface area contributed by atoms with E-state index < -0.39 is 5.97 Å². The number of nitrogens with one attached hydrogen (secondary N) is 1. The molecule has 116 valence electrons. The molecule has 0 aromatic heterocycles. The molecular weight excluding hydrogens is 264 g/mol. The molecule has 0 bridgehead atoms. The maximum atomic E-state index is 10.8. The SMILES string of the molecule is CC1CCCN(C(C)CNCc2ccc(C(=O)O)cc2)C1. The number of piperidine rings is 1. The van der Waals surface area contributed by atoms with Crippen LogP contribution in [0.3, 0.4) is 0 Å². The molecule has 2 atom stereocenters. The summed E-state index contributed by atoms with van der Waals surface area (Å²) in [6.45, 7) is 8.77. The van der Waals surface area contributed by atoms with E-state index in [1.165, 1.54) is 25.9 Å². The Hall–Kier alpha value is -1.39. The lowest BCUT2D eigenvalue weighted by atomic mass is 9.99. The van der Waals surface area contributed by atoms with Gasteiger partial charge in [0.25, 0.3) is 0 Å². The Kier molecular flexibility index (Phi) is 5.76. The smallest absolute Gasteiger partial charge is 0.335 e. The predicted octanol–water partition coefficient (Wildman–Crippen LogP) is 2.59. The van der Waals surface area contributed by atoms with Gasteiger partial charge in [-0.3, -0.25) is 4.90 Å². The van der Waals surface area contributed by atoms with Crippen LogP contribution in [0.1, 0.15) is 42.6 Å². The van der Waals surface area contributed by atoms with Crippen molar-refractivity contribution in [1.29, 1.82) is 0 Å². The molecule has 1 fully saturated rings. The van der Waals surface area contributed by atoms with Crippen LogP contribution < -0.4 is 5.32 Å².